The summed E-state index contributed by atoms with van der Waals surface area (Å²) in [5.74, 6) is 3.46. The second-order valence-electron chi connectivity index (χ2n) is 6.88. The fourth-order valence-electron chi connectivity index (χ4n) is 3.10. The maximum Gasteiger partial charge on any atom is 0.193 e. The first-order chi connectivity index (χ1) is 13.2. The molecule has 1 aromatic rings. The average molecular weight is 378 g/mol. The molecule has 0 aromatic heterocycles. The Morgan fingerprint density at radius 3 is 2.59 bits per heavy atom. The van der Waals surface area contributed by atoms with Crippen molar-refractivity contribution in [3.63, 3.8) is 0 Å². The third-order valence-corrected chi connectivity index (χ3v) is 4.80. The second kappa shape index (κ2) is 12.4. The van der Waals surface area contributed by atoms with E-state index in [2.05, 4.69) is 24.2 Å². The van der Waals surface area contributed by atoms with Gasteiger partial charge in [0.15, 0.2) is 5.96 Å². The molecule has 27 heavy (non-hydrogen) atoms. The van der Waals surface area contributed by atoms with E-state index < -0.39 is 0 Å². The van der Waals surface area contributed by atoms with Crippen LogP contribution in [0.5, 0.6) is 11.5 Å². The number of ether oxygens (including phenoxy) is 3. The predicted molar refractivity (Wildman–Crippen MR) is 110 cm³/mol. The van der Waals surface area contributed by atoms with E-state index in [1.807, 2.05) is 24.3 Å². The molecule has 1 heterocycles. The second-order valence-corrected chi connectivity index (χ2v) is 6.88. The fraction of sp³-hybridized carbons (Fsp3) is 0.667. The van der Waals surface area contributed by atoms with Crippen LogP contribution in [0.4, 0.5) is 0 Å². The first kappa shape index (κ1) is 21.4. The highest BCUT2D eigenvalue weighted by Crippen LogP contribution is 2.19. The number of guanidine groups is 1. The van der Waals surface area contributed by atoms with Gasteiger partial charge < -0.3 is 24.4 Å². The normalized spacial score (nSPS) is 15.4. The Labute approximate surface area is 163 Å². The third-order valence-electron chi connectivity index (χ3n) is 4.80. The molecule has 6 heteroatoms. The summed E-state index contributed by atoms with van der Waals surface area (Å²) in [7, 11) is 3.78. The fourth-order valence-corrected chi connectivity index (χ4v) is 3.10. The molecule has 1 aliphatic rings. The molecule has 0 aliphatic carbocycles. The minimum Gasteiger partial charge on any atom is -0.497 e. The minimum absolute atomic E-state index is 0.654. The minimum atomic E-state index is 0.654. The van der Waals surface area contributed by atoms with Gasteiger partial charge in [-0.1, -0.05) is 0 Å². The standard InChI is InChI=1S/C21H35N3O3/c1-4-22-21(24(2)14-10-18-11-16-26-17-12-18)23-13-5-15-27-20-8-6-19(25-3)7-9-20/h6-9,18H,4-5,10-17H2,1-3H3,(H,22,23). The Morgan fingerprint density at radius 1 is 1.22 bits per heavy atom. The van der Waals surface area contributed by atoms with E-state index in [4.69, 9.17) is 19.2 Å². The Bertz CT molecular complexity index is 542. The molecule has 0 saturated carbocycles. The number of benzene rings is 1. The highest BCUT2D eigenvalue weighted by atomic mass is 16.5. The summed E-state index contributed by atoms with van der Waals surface area (Å²) in [5.41, 5.74) is 0. The highest BCUT2D eigenvalue weighted by Gasteiger charge is 2.15. The van der Waals surface area contributed by atoms with Crippen molar-refractivity contribution in [1.82, 2.24) is 10.2 Å². The van der Waals surface area contributed by atoms with Crippen LogP contribution in [-0.2, 0) is 4.74 Å². The van der Waals surface area contributed by atoms with Gasteiger partial charge in [-0.15, -0.1) is 0 Å². The zero-order chi connectivity index (χ0) is 19.3. The molecule has 0 atom stereocenters. The Hall–Kier alpha value is -1.95. The number of nitrogens with one attached hydrogen (secondary N) is 1. The summed E-state index contributed by atoms with van der Waals surface area (Å²) in [6.07, 6.45) is 4.45. The molecule has 1 fully saturated rings. The largest absolute Gasteiger partial charge is 0.497 e. The number of nitrogens with zero attached hydrogens (tertiary/aromatic N) is 2. The topological polar surface area (TPSA) is 55.3 Å². The summed E-state index contributed by atoms with van der Waals surface area (Å²) >= 11 is 0. The van der Waals surface area contributed by atoms with Crippen LogP contribution in [-0.4, -0.2) is 64.5 Å². The summed E-state index contributed by atoms with van der Waals surface area (Å²) < 4.78 is 16.4. The van der Waals surface area contributed by atoms with Gasteiger partial charge in [0.2, 0.25) is 0 Å². The van der Waals surface area contributed by atoms with Crippen LogP contribution in [0.25, 0.3) is 0 Å². The van der Waals surface area contributed by atoms with Gasteiger partial charge in [0.05, 0.1) is 13.7 Å². The molecule has 0 amide bonds. The van der Waals surface area contributed by atoms with Crippen LogP contribution >= 0.6 is 0 Å². The molecule has 0 bridgehead atoms. The van der Waals surface area contributed by atoms with E-state index in [0.29, 0.717) is 6.61 Å². The third kappa shape index (κ3) is 8.08. The number of hydrogen-bond acceptors (Lipinski definition) is 4. The lowest BCUT2D eigenvalue weighted by Gasteiger charge is -2.26. The van der Waals surface area contributed by atoms with Crippen LogP contribution in [0.1, 0.15) is 32.6 Å². The Balaban J connectivity index is 1.69. The van der Waals surface area contributed by atoms with Crippen molar-refractivity contribution < 1.29 is 14.2 Å². The summed E-state index contributed by atoms with van der Waals surface area (Å²) in [4.78, 5) is 6.98. The Morgan fingerprint density at radius 2 is 1.93 bits per heavy atom. The monoisotopic (exact) mass is 377 g/mol. The van der Waals surface area contributed by atoms with Gasteiger partial charge in [0, 0.05) is 46.3 Å². The molecule has 1 aliphatic heterocycles. The number of aliphatic imine (C=N–C) groups is 1. The van der Waals surface area contributed by atoms with Crippen LogP contribution in [0, 0.1) is 5.92 Å². The van der Waals surface area contributed by atoms with E-state index >= 15 is 0 Å². The zero-order valence-corrected chi connectivity index (χ0v) is 17.1. The van der Waals surface area contributed by atoms with E-state index in [1.165, 1.54) is 19.3 Å². The van der Waals surface area contributed by atoms with Crippen molar-refractivity contribution in [3.8, 4) is 11.5 Å². The van der Waals surface area contributed by atoms with Crippen LogP contribution in [0.15, 0.2) is 29.3 Å². The summed E-state index contributed by atoms with van der Waals surface area (Å²) in [6, 6.07) is 7.67. The van der Waals surface area contributed by atoms with Crippen LogP contribution in [0.2, 0.25) is 0 Å². The van der Waals surface area contributed by atoms with Gasteiger partial charge in [-0.3, -0.25) is 4.99 Å². The number of rotatable bonds is 10. The van der Waals surface area contributed by atoms with E-state index in [0.717, 1.165) is 62.6 Å². The molecule has 1 aromatic carbocycles. The molecule has 152 valence electrons. The highest BCUT2D eigenvalue weighted by molar-refractivity contribution is 5.79. The maximum absolute atomic E-state index is 5.76. The van der Waals surface area contributed by atoms with Crippen molar-refractivity contribution in [3.05, 3.63) is 24.3 Å². The lowest BCUT2D eigenvalue weighted by Crippen LogP contribution is -2.40. The van der Waals surface area contributed by atoms with Gasteiger partial charge >= 0.3 is 0 Å². The zero-order valence-electron chi connectivity index (χ0n) is 17.1. The molecule has 6 nitrogen and oxygen atoms in total. The van der Waals surface area contributed by atoms with E-state index in [9.17, 15) is 0 Å². The molecule has 0 spiro atoms. The average Bonchev–Trinajstić information content (AvgIpc) is 2.72. The Kier molecular flexibility index (Phi) is 9.84. The van der Waals surface area contributed by atoms with Crippen molar-refractivity contribution in [2.45, 2.75) is 32.6 Å². The molecule has 0 radical (unpaired) electrons. The van der Waals surface area contributed by atoms with Gasteiger partial charge in [-0.05, 0) is 56.4 Å². The summed E-state index contributed by atoms with van der Waals surface area (Å²) in [5, 5.41) is 3.39. The lowest BCUT2D eigenvalue weighted by molar-refractivity contribution is 0.0625. The molecular formula is C21H35N3O3. The molecule has 2 rings (SSSR count). The first-order valence-electron chi connectivity index (χ1n) is 10.1. The molecular weight excluding hydrogens is 342 g/mol. The van der Waals surface area contributed by atoms with Crippen LogP contribution in [0.3, 0.4) is 0 Å². The SMILES string of the molecule is CCNC(=NCCCOc1ccc(OC)cc1)N(C)CCC1CCOCC1. The smallest absolute Gasteiger partial charge is 0.193 e. The summed E-state index contributed by atoms with van der Waals surface area (Å²) in [6.45, 7) is 7.24. The van der Waals surface area contributed by atoms with Crippen molar-refractivity contribution in [2.75, 3.05) is 53.6 Å². The van der Waals surface area contributed by atoms with Crippen molar-refractivity contribution >= 4 is 5.96 Å². The van der Waals surface area contributed by atoms with E-state index in [1.54, 1.807) is 7.11 Å². The van der Waals surface area contributed by atoms with Crippen LogP contribution < -0.4 is 14.8 Å². The van der Waals surface area contributed by atoms with Gasteiger partial charge in [-0.2, -0.15) is 0 Å². The molecule has 1 saturated heterocycles. The predicted octanol–water partition coefficient (Wildman–Crippen LogP) is 3.18. The number of methoxy groups -OCH3 is 1. The van der Waals surface area contributed by atoms with Gasteiger partial charge in [0.25, 0.3) is 0 Å². The molecule has 0 unspecified atom stereocenters. The lowest BCUT2D eigenvalue weighted by atomic mass is 9.96. The quantitative estimate of drug-likeness (QED) is 0.386. The molecule has 1 N–H and O–H groups in total. The van der Waals surface area contributed by atoms with Crippen molar-refractivity contribution in [2.24, 2.45) is 10.9 Å². The van der Waals surface area contributed by atoms with Gasteiger partial charge in [0.1, 0.15) is 11.5 Å². The van der Waals surface area contributed by atoms with Gasteiger partial charge in [-0.25, -0.2) is 0 Å². The van der Waals surface area contributed by atoms with E-state index in [-0.39, 0.29) is 0 Å². The first-order valence-corrected chi connectivity index (χ1v) is 10.1. The van der Waals surface area contributed by atoms with Crippen molar-refractivity contribution in [1.29, 1.82) is 0 Å². The number of hydrogen-bond donors (Lipinski definition) is 1. The maximum atomic E-state index is 5.76.